The van der Waals surface area contributed by atoms with Crippen LogP contribution in [-0.2, 0) is 0 Å². The fraction of sp³-hybridized carbons (Fsp3) is 0.154. The van der Waals surface area contributed by atoms with Gasteiger partial charge in [0, 0.05) is 11.9 Å². The normalized spacial score (nSPS) is 9.88. The summed E-state index contributed by atoms with van der Waals surface area (Å²) in [5.74, 6) is 1.69. The van der Waals surface area contributed by atoms with Crippen molar-refractivity contribution in [2.75, 3.05) is 12.4 Å². The van der Waals surface area contributed by atoms with E-state index in [-0.39, 0.29) is 0 Å². The number of aryl methyl sites for hydroxylation is 1. The molecule has 1 aromatic heterocycles. The molecule has 3 nitrogen and oxygen atoms in total. The first-order chi connectivity index (χ1) is 7.78. The lowest BCUT2D eigenvalue weighted by Crippen LogP contribution is -1.93. The van der Waals surface area contributed by atoms with Crippen LogP contribution >= 0.6 is 0 Å². The maximum absolute atomic E-state index is 5.09. The molecule has 1 heterocycles. The smallest absolute Gasteiger partial charge is 0.130 e. The number of anilines is 2. The number of pyridine rings is 1. The van der Waals surface area contributed by atoms with Crippen molar-refractivity contribution in [3.8, 4) is 5.75 Å². The van der Waals surface area contributed by atoms with Crippen LogP contribution in [-0.4, -0.2) is 12.1 Å². The molecule has 0 saturated heterocycles. The van der Waals surface area contributed by atoms with Gasteiger partial charge >= 0.3 is 0 Å². The predicted molar refractivity (Wildman–Crippen MR) is 65.3 cm³/mol. The molecule has 0 saturated carbocycles. The van der Waals surface area contributed by atoms with Gasteiger partial charge in [0.2, 0.25) is 0 Å². The average Bonchev–Trinajstić information content (AvgIpc) is 2.33. The molecule has 1 N–H and O–H groups in total. The van der Waals surface area contributed by atoms with Gasteiger partial charge in [-0.3, -0.25) is 0 Å². The van der Waals surface area contributed by atoms with Crippen LogP contribution in [0.15, 0.2) is 42.6 Å². The van der Waals surface area contributed by atoms with E-state index in [4.69, 9.17) is 4.74 Å². The van der Waals surface area contributed by atoms with E-state index < -0.39 is 0 Å². The molecule has 0 unspecified atom stereocenters. The van der Waals surface area contributed by atoms with Crippen molar-refractivity contribution in [1.82, 2.24) is 4.98 Å². The topological polar surface area (TPSA) is 34.1 Å². The van der Waals surface area contributed by atoms with E-state index in [1.807, 2.05) is 49.5 Å². The van der Waals surface area contributed by atoms with Crippen LogP contribution in [0.5, 0.6) is 5.75 Å². The van der Waals surface area contributed by atoms with Gasteiger partial charge in [0.1, 0.15) is 11.6 Å². The molecule has 0 aliphatic heterocycles. The Morgan fingerprint density at radius 1 is 1.06 bits per heavy atom. The van der Waals surface area contributed by atoms with Gasteiger partial charge in [-0.25, -0.2) is 4.98 Å². The third kappa shape index (κ3) is 2.51. The number of hydrogen-bond acceptors (Lipinski definition) is 3. The SMILES string of the molecule is COc1ccc(Nc2ccc(C)cn2)cc1. The molecule has 2 rings (SSSR count). The lowest BCUT2D eigenvalue weighted by atomic mass is 10.3. The van der Waals surface area contributed by atoms with Crippen LogP contribution in [0.2, 0.25) is 0 Å². The van der Waals surface area contributed by atoms with Crippen molar-refractivity contribution in [2.24, 2.45) is 0 Å². The van der Waals surface area contributed by atoms with Gasteiger partial charge in [-0.1, -0.05) is 6.07 Å². The van der Waals surface area contributed by atoms with Crippen molar-refractivity contribution in [1.29, 1.82) is 0 Å². The lowest BCUT2D eigenvalue weighted by Gasteiger charge is -2.06. The molecule has 0 bridgehead atoms. The van der Waals surface area contributed by atoms with Gasteiger partial charge in [0.05, 0.1) is 7.11 Å². The quantitative estimate of drug-likeness (QED) is 0.852. The number of rotatable bonds is 3. The molecule has 0 aliphatic carbocycles. The zero-order valence-corrected chi connectivity index (χ0v) is 9.40. The zero-order chi connectivity index (χ0) is 11.4. The van der Waals surface area contributed by atoms with Gasteiger partial charge in [0.15, 0.2) is 0 Å². The van der Waals surface area contributed by atoms with Crippen LogP contribution in [0.3, 0.4) is 0 Å². The summed E-state index contributed by atoms with van der Waals surface area (Å²) >= 11 is 0. The highest BCUT2D eigenvalue weighted by molar-refractivity contribution is 5.57. The summed E-state index contributed by atoms with van der Waals surface area (Å²) in [5, 5.41) is 3.22. The molecule has 16 heavy (non-hydrogen) atoms. The maximum Gasteiger partial charge on any atom is 0.130 e. The van der Waals surface area contributed by atoms with Crippen molar-refractivity contribution in [2.45, 2.75) is 6.92 Å². The Kier molecular flexibility index (Phi) is 3.05. The number of methoxy groups -OCH3 is 1. The summed E-state index contributed by atoms with van der Waals surface area (Å²) in [7, 11) is 1.66. The number of aromatic nitrogens is 1. The van der Waals surface area contributed by atoms with Crippen LogP contribution < -0.4 is 10.1 Å². The summed E-state index contributed by atoms with van der Waals surface area (Å²) in [6.45, 7) is 2.02. The Labute approximate surface area is 95.1 Å². The Balaban J connectivity index is 2.11. The van der Waals surface area contributed by atoms with Crippen molar-refractivity contribution in [3.05, 3.63) is 48.2 Å². The number of nitrogens with one attached hydrogen (secondary N) is 1. The average molecular weight is 214 g/mol. The Morgan fingerprint density at radius 2 is 1.81 bits per heavy atom. The Bertz CT molecular complexity index is 448. The summed E-state index contributed by atoms with van der Waals surface area (Å²) in [4.78, 5) is 4.27. The predicted octanol–water partition coefficient (Wildman–Crippen LogP) is 3.14. The van der Waals surface area contributed by atoms with Crippen LogP contribution in [0.25, 0.3) is 0 Å². The highest BCUT2D eigenvalue weighted by Crippen LogP contribution is 2.18. The molecule has 0 radical (unpaired) electrons. The summed E-state index contributed by atoms with van der Waals surface area (Å²) in [6, 6.07) is 11.7. The first-order valence-electron chi connectivity index (χ1n) is 5.11. The molecule has 0 atom stereocenters. The van der Waals surface area contributed by atoms with Gasteiger partial charge in [-0.2, -0.15) is 0 Å². The minimum atomic E-state index is 0.843. The van der Waals surface area contributed by atoms with Crippen molar-refractivity contribution >= 4 is 11.5 Å². The van der Waals surface area contributed by atoms with Gasteiger partial charge < -0.3 is 10.1 Å². The van der Waals surface area contributed by atoms with Crippen LogP contribution in [0.4, 0.5) is 11.5 Å². The molecule has 1 aromatic carbocycles. The van der Waals surface area contributed by atoms with Crippen molar-refractivity contribution < 1.29 is 4.74 Å². The molecule has 0 fully saturated rings. The second kappa shape index (κ2) is 4.66. The summed E-state index contributed by atoms with van der Waals surface area (Å²) in [6.07, 6.45) is 1.84. The molecule has 0 aliphatic rings. The number of ether oxygens (including phenoxy) is 1. The Hall–Kier alpha value is -2.03. The van der Waals surface area contributed by atoms with E-state index in [1.54, 1.807) is 7.11 Å². The highest BCUT2D eigenvalue weighted by Gasteiger charge is 1.96. The largest absolute Gasteiger partial charge is 0.497 e. The number of hydrogen-bond donors (Lipinski definition) is 1. The molecule has 3 heteroatoms. The van der Waals surface area contributed by atoms with Crippen molar-refractivity contribution in [3.63, 3.8) is 0 Å². The molecule has 82 valence electrons. The fourth-order valence-electron chi connectivity index (χ4n) is 1.36. The van der Waals surface area contributed by atoms with Gasteiger partial charge in [0.25, 0.3) is 0 Å². The zero-order valence-electron chi connectivity index (χ0n) is 9.40. The van der Waals surface area contributed by atoms with E-state index >= 15 is 0 Å². The standard InChI is InChI=1S/C13H14N2O/c1-10-3-8-13(14-9-10)15-11-4-6-12(16-2)7-5-11/h3-9H,1-2H3,(H,14,15). The summed E-state index contributed by atoms with van der Waals surface area (Å²) < 4.78 is 5.09. The number of nitrogens with zero attached hydrogens (tertiary/aromatic N) is 1. The van der Waals surface area contributed by atoms with E-state index in [2.05, 4.69) is 10.3 Å². The van der Waals surface area contributed by atoms with E-state index in [0.29, 0.717) is 0 Å². The fourth-order valence-corrected chi connectivity index (χ4v) is 1.36. The molecule has 0 spiro atoms. The highest BCUT2D eigenvalue weighted by atomic mass is 16.5. The first kappa shape index (κ1) is 10.5. The minimum absolute atomic E-state index is 0.843. The third-order valence-corrected chi connectivity index (χ3v) is 2.27. The molecule has 2 aromatic rings. The second-order valence-electron chi connectivity index (χ2n) is 3.57. The van der Waals surface area contributed by atoms with Gasteiger partial charge in [-0.15, -0.1) is 0 Å². The van der Waals surface area contributed by atoms with E-state index in [0.717, 1.165) is 22.8 Å². The summed E-state index contributed by atoms with van der Waals surface area (Å²) in [5.41, 5.74) is 2.15. The maximum atomic E-state index is 5.09. The van der Waals surface area contributed by atoms with Crippen LogP contribution in [0.1, 0.15) is 5.56 Å². The van der Waals surface area contributed by atoms with E-state index in [9.17, 15) is 0 Å². The van der Waals surface area contributed by atoms with Crippen LogP contribution in [0, 0.1) is 6.92 Å². The first-order valence-corrected chi connectivity index (χ1v) is 5.11. The lowest BCUT2D eigenvalue weighted by molar-refractivity contribution is 0.415. The molecular formula is C13H14N2O. The Morgan fingerprint density at radius 3 is 2.38 bits per heavy atom. The molecule has 0 amide bonds. The monoisotopic (exact) mass is 214 g/mol. The molecular weight excluding hydrogens is 200 g/mol. The van der Waals surface area contributed by atoms with Gasteiger partial charge in [-0.05, 0) is 42.8 Å². The number of benzene rings is 1. The second-order valence-corrected chi connectivity index (χ2v) is 3.57. The minimum Gasteiger partial charge on any atom is -0.497 e. The third-order valence-electron chi connectivity index (χ3n) is 2.27. The van der Waals surface area contributed by atoms with E-state index in [1.165, 1.54) is 0 Å².